The van der Waals surface area contributed by atoms with Crippen LogP contribution >= 0.6 is 35.6 Å². The molecule has 0 amide bonds. The first kappa shape index (κ1) is 19.7. The second kappa shape index (κ2) is 9.72. The van der Waals surface area contributed by atoms with Gasteiger partial charge in [-0.05, 0) is 36.1 Å². The summed E-state index contributed by atoms with van der Waals surface area (Å²) in [7, 11) is 0. The van der Waals surface area contributed by atoms with Gasteiger partial charge in [0.05, 0.1) is 17.3 Å². The van der Waals surface area contributed by atoms with Gasteiger partial charge in [0.15, 0.2) is 5.96 Å². The van der Waals surface area contributed by atoms with E-state index >= 15 is 0 Å². The van der Waals surface area contributed by atoms with Crippen molar-refractivity contribution in [3.63, 3.8) is 0 Å². The third kappa shape index (κ3) is 5.66. The lowest BCUT2D eigenvalue weighted by atomic mass is 10.0. The highest BCUT2D eigenvalue weighted by molar-refractivity contribution is 14.0. The van der Waals surface area contributed by atoms with E-state index in [1.54, 1.807) is 12.3 Å². The van der Waals surface area contributed by atoms with Gasteiger partial charge < -0.3 is 11.1 Å². The second-order valence-electron chi connectivity index (χ2n) is 4.95. The highest BCUT2D eigenvalue weighted by Crippen LogP contribution is 2.22. The molecule has 1 heterocycles. The summed E-state index contributed by atoms with van der Waals surface area (Å²) in [5.74, 6) is 0.396. The molecule has 0 fully saturated rings. The van der Waals surface area contributed by atoms with Crippen molar-refractivity contribution in [3.8, 4) is 0 Å². The van der Waals surface area contributed by atoms with Crippen LogP contribution in [0.2, 0.25) is 5.02 Å². The zero-order valence-electron chi connectivity index (χ0n) is 13.3. The van der Waals surface area contributed by atoms with Gasteiger partial charge in [-0.1, -0.05) is 43.6 Å². The average molecular weight is 445 g/mol. The van der Waals surface area contributed by atoms with Crippen molar-refractivity contribution in [1.82, 2.24) is 4.98 Å². The molecule has 0 spiro atoms. The lowest BCUT2D eigenvalue weighted by Crippen LogP contribution is -2.24. The van der Waals surface area contributed by atoms with E-state index in [4.69, 9.17) is 17.3 Å². The first-order chi connectivity index (χ1) is 10.6. The number of pyridine rings is 1. The van der Waals surface area contributed by atoms with Crippen LogP contribution in [0, 0.1) is 0 Å². The summed E-state index contributed by atoms with van der Waals surface area (Å²) >= 11 is 5.81. The maximum absolute atomic E-state index is 6.02. The molecule has 1 aromatic heterocycles. The van der Waals surface area contributed by atoms with E-state index < -0.39 is 0 Å². The van der Waals surface area contributed by atoms with Crippen LogP contribution in [0.4, 0.5) is 5.69 Å². The van der Waals surface area contributed by atoms with E-state index in [1.807, 2.05) is 6.07 Å². The van der Waals surface area contributed by atoms with Crippen molar-refractivity contribution in [2.24, 2.45) is 10.7 Å². The van der Waals surface area contributed by atoms with Crippen molar-refractivity contribution in [2.45, 2.75) is 33.2 Å². The number of nitrogens with two attached hydrogens (primary N) is 1. The summed E-state index contributed by atoms with van der Waals surface area (Å²) in [5.41, 5.74) is 10.4. The third-order valence-electron chi connectivity index (χ3n) is 3.45. The van der Waals surface area contributed by atoms with Crippen LogP contribution in [-0.2, 0) is 19.4 Å². The quantitative estimate of drug-likeness (QED) is 0.408. The molecule has 0 atom stereocenters. The van der Waals surface area contributed by atoms with Crippen LogP contribution in [0.5, 0.6) is 0 Å². The summed E-state index contributed by atoms with van der Waals surface area (Å²) in [6.45, 7) is 4.68. The second-order valence-corrected chi connectivity index (χ2v) is 5.39. The lowest BCUT2D eigenvalue weighted by molar-refractivity contribution is 0.984. The minimum Gasteiger partial charge on any atom is -0.370 e. The molecule has 124 valence electrons. The number of rotatable bonds is 5. The van der Waals surface area contributed by atoms with Crippen LogP contribution in [0.25, 0.3) is 0 Å². The van der Waals surface area contributed by atoms with E-state index in [0.29, 0.717) is 17.5 Å². The van der Waals surface area contributed by atoms with Gasteiger partial charge in [-0.3, -0.25) is 4.98 Å². The van der Waals surface area contributed by atoms with Crippen LogP contribution in [0.1, 0.15) is 30.7 Å². The number of para-hydroxylation sites is 1. The molecule has 0 bridgehead atoms. The predicted molar refractivity (Wildman–Crippen MR) is 109 cm³/mol. The monoisotopic (exact) mass is 444 g/mol. The molecule has 2 rings (SSSR count). The Morgan fingerprint density at radius 1 is 1.17 bits per heavy atom. The molecule has 0 saturated carbocycles. The number of hydrogen-bond donors (Lipinski definition) is 2. The Bertz CT molecular complexity index is 634. The first-order valence-electron chi connectivity index (χ1n) is 7.42. The van der Waals surface area contributed by atoms with Gasteiger partial charge in [0.1, 0.15) is 0 Å². The average Bonchev–Trinajstić information content (AvgIpc) is 2.54. The standard InChI is InChI=1S/C17H21ClN4.HI/c1-3-12-6-5-7-13(4-2)16(12)22-17(19)21-11-15-9-8-14(18)10-20-15;/h5-10H,3-4,11H2,1-2H3,(H3,19,21,22);1H. The number of aromatic nitrogens is 1. The SMILES string of the molecule is CCc1cccc(CC)c1NC(N)=NCc1ccc(Cl)cn1.I. The largest absolute Gasteiger partial charge is 0.370 e. The topological polar surface area (TPSA) is 63.3 Å². The summed E-state index contributed by atoms with van der Waals surface area (Å²) < 4.78 is 0. The molecule has 0 aliphatic carbocycles. The summed E-state index contributed by atoms with van der Waals surface area (Å²) in [4.78, 5) is 8.55. The molecule has 0 aliphatic rings. The Kier molecular flexibility index (Phi) is 8.33. The van der Waals surface area contributed by atoms with Crippen molar-refractivity contribution >= 4 is 47.2 Å². The minimum absolute atomic E-state index is 0. The molecule has 0 aliphatic heterocycles. The Hall–Kier alpha value is -1.34. The van der Waals surface area contributed by atoms with E-state index in [1.165, 1.54) is 11.1 Å². The van der Waals surface area contributed by atoms with Crippen molar-refractivity contribution < 1.29 is 0 Å². The fourth-order valence-corrected chi connectivity index (χ4v) is 2.35. The molecule has 0 unspecified atom stereocenters. The van der Waals surface area contributed by atoms with E-state index in [0.717, 1.165) is 24.2 Å². The number of aliphatic imine (C=N–C) groups is 1. The fraction of sp³-hybridized carbons (Fsp3) is 0.294. The Labute approximate surface area is 159 Å². The van der Waals surface area contributed by atoms with E-state index in [9.17, 15) is 0 Å². The number of anilines is 1. The van der Waals surface area contributed by atoms with E-state index in [2.05, 4.69) is 47.3 Å². The Balaban J connectivity index is 0.00000264. The van der Waals surface area contributed by atoms with Crippen LogP contribution in [-0.4, -0.2) is 10.9 Å². The van der Waals surface area contributed by atoms with Crippen molar-refractivity contribution in [3.05, 3.63) is 58.4 Å². The van der Waals surface area contributed by atoms with Gasteiger partial charge in [-0.2, -0.15) is 0 Å². The van der Waals surface area contributed by atoms with Gasteiger partial charge in [0.2, 0.25) is 0 Å². The highest BCUT2D eigenvalue weighted by atomic mass is 127. The summed E-state index contributed by atoms with van der Waals surface area (Å²) in [5, 5.41) is 3.85. The molecule has 1 aromatic carbocycles. The summed E-state index contributed by atoms with van der Waals surface area (Å²) in [6, 6.07) is 9.93. The van der Waals surface area contributed by atoms with Gasteiger partial charge in [0, 0.05) is 11.9 Å². The number of aryl methyl sites for hydroxylation is 2. The molecule has 23 heavy (non-hydrogen) atoms. The Morgan fingerprint density at radius 2 is 1.83 bits per heavy atom. The highest BCUT2D eigenvalue weighted by Gasteiger charge is 2.07. The van der Waals surface area contributed by atoms with Gasteiger partial charge in [-0.25, -0.2) is 4.99 Å². The molecule has 0 saturated heterocycles. The molecular formula is C17H22ClIN4. The lowest BCUT2D eigenvalue weighted by Gasteiger charge is -2.14. The van der Waals surface area contributed by atoms with Gasteiger partial charge in [0.25, 0.3) is 0 Å². The fourth-order valence-electron chi connectivity index (χ4n) is 2.24. The number of halogens is 2. The number of hydrogen-bond acceptors (Lipinski definition) is 2. The molecule has 3 N–H and O–H groups in total. The zero-order chi connectivity index (χ0) is 15.9. The van der Waals surface area contributed by atoms with E-state index in [-0.39, 0.29) is 24.0 Å². The Morgan fingerprint density at radius 3 is 2.35 bits per heavy atom. The number of nitrogens with one attached hydrogen (secondary N) is 1. The molecular weight excluding hydrogens is 423 g/mol. The number of nitrogens with zero attached hydrogens (tertiary/aromatic N) is 2. The maximum Gasteiger partial charge on any atom is 0.193 e. The van der Waals surface area contributed by atoms with Gasteiger partial charge in [-0.15, -0.1) is 24.0 Å². The van der Waals surface area contributed by atoms with Gasteiger partial charge >= 0.3 is 0 Å². The molecule has 2 aromatic rings. The molecule has 0 radical (unpaired) electrons. The van der Waals surface area contributed by atoms with Crippen LogP contribution < -0.4 is 11.1 Å². The maximum atomic E-state index is 6.02. The predicted octanol–water partition coefficient (Wildman–Crippen LogP) is 4.40. The number of benzene rings is 1. The molecule has 6 heteroatoms. The first-order valence-corrected chi connectivity index (χ1v) is 7.80. The van der Waals surface area contributed by atoms with Crippen LogP contribution in [0.3, 0.4) is 0 Å². The molecule has 4 nitrogen and oxygen atoms in total. The van der Waals surface area contributed by atoms with Crippen LogP contribution in [0.15, 0.2) is 41.5 Å². The third-order valence-corrected chi connectivity index (χ3v) is 3.68. The number of guanidine groups is 1. The normalized spacial score (nSPS) is 11.0. The summed E-state index contributed by atoms with van der Waals surface area (Å²) in [6.07, 6.45) is 3.50. The zero-order valence-corrected chi connectivity index (χ0v) is 16.4. The van der Waals surface area contributed by atoms with Crippen molar-refractivity contribution in [1.29, 1.82) is 0 Å². The van der Waals surface area contributed by atoms with Crippen molar-refractivity contribution in [2.75, 3.05) is 5.32 Å². The smallest absolute Gasteiger partial charge is 0.193 e. The minimum atomic E-state index is 0.